The molecule has 138 valence electrons. The van der Waals surface area contributed by atoms with Gasteiger partial charge in [0.15, 0.2) is 17.3 Å². The second-order valence-electron chi connectivity index (χ2n) is 6.98. The Labute approximate surface area is 155 Å². The number of carbonyl (C=O) groups excluding carboxylic acids is 1. The second-order valence-corrected chi connectivity index (χ2v) is 6.98. The Balaban J connectivity index is 1.72. The minimum atomic E-state index is -0.00835. The standard InChI is InChI=1S/C22H27NO3/c1-5-23(2)14-16-8-6-15(7-9-16)10-18-11-17-12-20(25-3)21(26-4)13-19(17)22(18)24/h6-9,12-13,18H,5,10-11,14H2,1-4H3. The highest BCUT2D eigenvalue weighted by molar-refractivity contribution is 6.03. The zero-order valence-electron chi connectivity index (χ0n) is 16.0. The van der Waals surface area contributed by atoms with Crippen LogP contribution in [0, 0.1) is 5.92 Å². The first-order valence-corrected chi connectivity index (χ1v) is 9.11. The van der Waals surface area contributed by atoms with Crippen molar-refractivity contribution in [3.63, 3.8) is 0 Å². The number of Topliss-reactive ketones (excluding diaryl/α,β-unsaturated/α-hetero) is 1. The Hall–Kier alpha value is -2.33. The Bertz CT molecular complexity index is 783. The molecule has 0 fully saturated rings. The lowest BCUT2D eigenvalue weighted by molar-refractivity contribution is 0.0936. The molecule has 0 spiro atoms. The van der Waals surface area contributed by atoms with Gasteiger partial charge >= 0.3 is 0 Å². The minimum absolute atomic E-state index is 0.00835. The van der Waals surface area contributed by atoms with Crippen molar-refractivity contribution in [3.8, 4) is 11.5 Å². The lowest BCUT2D eigenvalue weighted by Gasteiger charge is -2.14. The molecule has 1 atom stereocenters. The summed E-state index contributed by atoms with van der Waals surface area (Å²) in [5.74, 6) is 1.50. The average molecular weight is 353 g/mol. The summed E-state index contributed by atoms with van der Waals surface area (Å²) in [5, 5.41) is 0. The van der Waals surface area contributed by atoms with Crippen molar-refractivity contribution < 1.29 is 14.3 Å². The van der Waals surface area contributed by atoms with E-state index in [9.17, 15) is 4.79 Å². The summed E-state index contributed by atoms with van der Waals surface area (Å²) in [5.41, 5.74) is 4.33. The van der Waals surface area contributed by atoms with E-state index in [2.05, 4.69) is 43.1 Å². The largest absolute Gasteiger partial charge is 0.493 e. The fourth-order valence-electron chi connectivity index (χ4n) is 3.55. The number of rotatable bonds is 7. The van der Waals surface area contributed by atoms with Gasteiger partial charge in [-0.25, -0.2) is 0 Å². The molecule has 0 N–H and O–H groups in total. The first kappa shape index (κ1) is 18.5. The van der Waals surface area contributed by atoms with Crippen LogP contribution < -0.4 is 9.47 Å². The van der Waals surface area contributed by atoms with Crippen molar-refractivity contribution in [2.24, 2.45) is 5.92 Å². The van der Waals surface area contributed by atoms with E-state index in [1.807, 2.05) is 12.1 Å². The average Bonchev–Trinajstić information content (AvgIpc) is 2.96. The highest BCUT2D eigenvalue weighted by Gasteiger charge is 2.32. The zero-order chi connectivity index (χ0) is 18.7. The summed E-state index contributed by atoms with van der Waals surface area (Å²) < 4.78 is 10.7. The summed E-state index contributed by atoms with van der Waals surface area (Å²) in [6, 6.07) is 12.4. The fourth-order valence-corrected chi connectivity index (χ4v) is 3.55. The van der Waals surface area contributed by atoms with E-state index in [0.29, 0.717) is 11.5 Å². The van der Waals surface area contributed by atoms with Crippen LogP contribution in [0.4, 0.5) is 0 Å². The van der Waals surface area contributed by atoms with Crippen LogP contribution in [0.2, 0.25) is 0 Å². The van der Waals surface area contributed by atoms with Crippen molar-refractivity contribution >= 4 is 5.78 Å². The van der Waals surface area contributed by atoms with Gasteiger partial charge in [-0.2, -0.15) is 0 Å². The number of carbonyl (C=O) groups is 1. The molecule has 4 heteroatoms. The quantitative estimate of drug-likeness (QED) is 0.760. The Kier molecular flexibility index (Phi) is 5.62. The van der Waals surface area contributed by atoms with Gasteiger partial charge in [0.1, 0.15) is 0 Å². The second kappa shape index (κ2) is 7.92. The van der Waals surface area contributed by atoms with Crippen LogP contribution in [0.3, 0.4) is 0 Å². The zero-order valence-corrected chi connectivity index (χ0v) is 16.0. The number of fused-ring (bicyclic) bond motifs is 1. The number of hydrogen-bond donors (Lipinski definition) is 0. The molecule has 0 saturated carbocycles. The number of nitrogens with zero attached hydrogens (tertiary/aromatic N) is 1. The first-order chi connectivity index (χ1) is 12.5. The van der Waals surface area contributed by atoms with Gasteiger partial charge in [0.2, 0.25) is 0 Å². The molecule has 1 unspecified atom stereocenters. The first-order valence-electron chi connectivity index (χ1n) is 9.11. The Morgan fingerprint density at radius 2 is 1.65 bits per heavy atom. The number of ketones is 1. The van der Waals surface area contributed by atoms with Crippen molar-refractivity contribution in [2.75, 3.05) is 27.8 Å². The van der Waals surface area contributed by atoms with E-state index in [1.54, 1.807) is 14.2 Å². The highest BCUT2D eigenvalue weighted by atomic mass is 16.5. The minimum Gasteiger partial charge on any atom is -0.493 e. The van der Waals surface area contributed by atoms with E-state index < -0.39 is 0 Å². The maximum absolute atomic E-state index is 12.8. The van der Waals surface area contributed by atoms with E-state index >= 15 is 0 Å². The number of hydrogen-bond acceptors (Lipinski definition) is 4. The molecular weight excluding hydrogens is 326 g/mol. The molecule has 0 aliphatic heterocycles. The third kappa shape index (κ3) is 3.75. The molecule has 0 radical (unpaired) electrons. The van der Waals surface area contributed by atoms with Crippen LogP contribution in [0.15, 0.2) is 36.4 Å². The molecule has 2 aromatic carbocycles. The van der Waals surface area contributed by atoms with Crippen molar-refractivity contribution in [1.82, 2.24) is 4.90 Å². The molecular formula is C22H27NO3. The monoisotopic (exact) mass is 353 g/mol. The predicted octanol–water partition coefficient (Wildman–Crippen LogP) is 3.75. The number of ether oxygens (including phenoxy) is 2. The third-order valence-electron chi connectivity index (χ3n) is 5.21. The van der Waals surface area contributed by atoms with Crippen LogP contribution >= 0.6 is 0 Å². The van der Waals surface area contributed by atoms with Crippen LogP contribution in [0.1, 0.15) is 34.0 Å². The molecule has 4 nitrogen and oxygen atoms in total. The molecule has 0 heterocycles. The van der Waals surface area contributed by atoms with Crippen molar-refractivity contribution in [1.29, 1.82) is 0 Å². The van der Waals surface area contributed by atoms with Crippen LogP contribution in [0.5, 0.6) is 11.5 Å². The Morgan fingerprint density at radius 3 is 2.27 bits per heavy atom. The van der Waals surface area contributed by atoms with Gasteiger partial charge in [0, 0.05) is 18.0 Å². The highest BCUT2D eigenvalue weighted by Crippen LogP contribution is 2.37. The number of methoxy groups -OCH3 is 2. The van der Waals surface area contributed by atoms with Gasteiger partial charge in [0.25, 0.3) is 0 Å². The van der Waals surface area contributed by atoms with Crippen molar-refractivity contribution in [3.05, 3.63) is 58.7 Å². The maximum Gasteiger partial charge on any atom is 0.167 e. The molecule has 0 aromatic heterocycles. The summed E-state index contributed by atoms with van der Waals surface area (Å²) >= 11 is 0. The molecule has 3 rings (SSSR count). The molecule has 1 aliphatic carbocycles. The molecule has 2 aromatic rings. The molecule has 1 aliphatic rings. The summed E-state index contributed by atoms with van der Waals surface area (Å²) in [7, 11) is 5.33. The number of benzene rings is 2. The lowest BCUT2D eigenvalue weighted by atomic mass is 9.95. The topological polar surface area (TPSA) is 38.8 Å². The van der Waals surface area contributed by atoms with Gasteiger partial charge in [0.05, 0.1) is 14.2 Å². The normalized spacial score (nSPS) is 16.0. The molecule has 26 heavy (non-hydrogen) atoms. The molecule has 0 bridgehead atoms. The van der Waals surface area contributed by atoms with E-state index in [0.717, 1.165) is 37.1 Å². The predicted molar refractivity (Wildman–Crippen MR) is 103 cm³/mol. The summed E-state index contributed by atoms with van der Waals surface area (Å²) in [6.45, 7) is 4.13. The maximum atomic E-state index is 12.8. The Morgan fingerprint density at radius 1 is 1.04 bits per heavy atom. The summed E-state index contributed by atoms with van der Waals surface area (Å²) in [4.78, 5) is 15.1. The van der Waals surface area contributed by atoms with Crippen LogP contribution in [0.25, 0.3) is 0 Å². The van der Waals surface area contributed by atoms with E-state index in [1.165, 1.54) is 11.1 Å². The fraction of sp³-hybridized carbons (Fsp3) is 0.409. The van der Waals surface area contributed by atoms with Crippen LogP contribution in [-0.2, 0) is 19.4 Å². The van der Waals surface area contributed by atoms with Gasteiger partial charge in [-0.15, -0.1) is 0 Å². The van der Waals surface area contributed by atoms with Gasteiger partial charge in [-0.1, -0.05) is 31.2 Å². The molecule has 0 amide bonds. The third-order valence-corrected chi connectivity index (χ3v) is 5.21. The molecule has 0 saturated heterocycles. The van der Waals surface area contributed by atoms with E-state index in [-0.39, 0.29) is 11.7 Å². The SMILES string of the molecule is CCN(C)Cc1ccc(CC2Cc3cc(OC)c(OC)cc3C2=O)cc1. The summed E-state index contributed by atoms with van der Waals surface area (Å²) in [6.07, 6.45) is 1.52. The smallest absolute Gasteiger partial charge is 0.167 e. The van der Waals surface area contributed by atoms with Gasteiger partial charge in [-0.3, -0.25) is 4.79 Å². The van der Waals surface area contributed by atoms with E-state index in [4.69, 9.17) is 9.47 Å². The van der Waals surface area contributed by atoms with Gasteiger partial charge < -0.3 is 14.4 Å². The van der Waals surface area contributed by atoms with Gasteiger partial charge in [-0.05, 0) is 55.3 Å². The lowest BCUT2D eigenvalue weighted by Crippen LogP contribution is -2.16. The van der Waals surface area contributed by atoms with Crippen LogP contribution in [-0.4, -0.2) is 38.5 Å². The van der Waals surface area contributed by atoms with Crippen molar-refractivity contribution in [2.45, 2.75) is 26.3 Å².